The maximum absolute atomic E-state index is 3.66. The Morgan fingerprint density at radius 1 is 0.483 bits per heavy atom. The van der Waals surface area contributed by atoms with Crippen LogP contribution >= 0.6 is 0 Å². The molecule has 0 spiro atoms. The molecule has 0 fully saturated rings. The highest BCUT2D eigenvalue weighted by Crippen LogP contribution is 2.42. The van der Waals surface area contributed by atoms with Gasteiger partial charge in [0.2, 0.25) is 0 Å². The van der Waals surface area contributed by atoms with Crippen molar-refractivity contribution in [1.82, 2.24) is 0 Å². The number of allylic oxidation sites excluding steroid dienone is 1. The average molecular weight is 367 g/mol. The third-order valence-corrected chi connectivity index (χ3v) is 6.06. The zero-order valence-electron chi connectivity index (χ0n) is 16.0. The lowest BCUT2D eigenvalue weighted by molar-refractivity contribution is 1.04. The van der Waals surface area contributed by atoms with Gasteiger partial charge in [0.15, 0.2) is 0 Å². The van der Waals surface area contributed by atoms with Crippen molar-refractivity contribution in [2.24, 2.45) is 0 Å². The molecule has 1 radical (unpaired) electrons. The number of rotatable bonds is 2. The highest BCUT2D eigenvalue weighted by molar-refractivity contribution is 5.99. The van der Waals surface area contributed by atoms with Gasteiger partial charge in [0.25, 0.3) is 0 Å². The summed E-state index contributed by atoms with van der Waals surface area (Å²) in [5.74, 6) is 0.172. The summed E-state index contributed by atoms with van der Waals surface area (Å²) in [4.78, 5) is 0. The first-order chi connectivity index (χ1) is 14.4. The average Bonchev–Trinajstić information content (AvgIpc) is 3.22. The summed E-state index contributed by atoms with van der Waals surface area (Å²) in [6.07, 6.45) is 5.86. The molecule has 0 aromatic heterocycles. The molecule has 6 rings (SSSR count). The Balaban J connectivity index is 1.56. The minimum Gasteiger partial charge on any atom is -0.0616 e. The van der Waals surface area contributed by atoms with Crippen molar-refractivity contribution < 1.29 is 0 Å². The van der Waals surface area contributed by atoms with E-state index < -0.39 is 0 Å². The predicted octanol–water partition coefficient (Wildman–Crippen LogP) is 7.62. The lowest BCUT2D eigenvalue weighted by Gasteiger charge is -2.16. The van der Waals surface area contributed by atoms with Crippen LogP contribution in [0.4, 0.5) is 0 Å². The summed E-state index contributed by atoms with van der Waals surface area (Å²) in [6.45, 7) is 0. The summed E-state index contributed by atoms with van der Waals surface area (Å²) < 4.78 is 0. The van der Waals surface area contributed by atoms with Gasteiger partial charge in [-0.15, -0.1) is 0 Å². The molecule has 0 heteroatoms. The molecule has 1 atom stereocenters. The SMILES string of the molecule is [C]1=Cc2c(-c3cccc4ccccc34)cccc2C1c1cccc2ccccc12. The maximum Gasteiger partial charge on any atom is 0.0355 e. The minimum absolute atomic E-state index is 0.172. The van der Waals surface area contributed by atoms with Gasteiger partial charge in [-0.3, -0.25) is 0 Å². The molecular formula is C29H19. The number of hydrogen-bond donors (Lipinski definition) is 0. The van der Waals surface area contributed by atoms with Crippen molar-refractivity contribution in [2.45, 2.75) is 5.92 Å². The first-order valence-corrected chi connectivity index (χ1v) is 10.1. The second-order valence-electron chi connectivity index (χ2n) is 7.65. The van der Waals surface area contributed by atoms with Gasteiger partial charge in [0, 0.05) is 5.92 Å². The van der Waals surface area contributed by atoms with Crippen molar-refractivity contribution >= 4 is 27.6 Å². The highest BCUT2D eigenvalue weighted by Gasteiger charge is 2.23. The van der Waals surface area contributed by atoms with E-state index in [2.05, 4.69) is 115 Å². The zero-order valence-corrected chi connectivity index (χ0v) is 16.0. The topological polar surface area (TPSA) is 0 Å². The van der Waals surface area contributed by atoms with Crippen LogP contribution in [-0.2, 0) is 0 Å². The van der Waals surface area contributed by atoms with E-state index >= 15 is 0 Å². The van der Waals surface area contributed by atoms with E-state index in [1.54, 1.807) is 0 Å². The van der Waals surface area contributed by atoms with Gasteiger partial charge in [0.05, 0.1) is 0 Å². The van der Waals surface area contributed by atoms with Crippen molar-refractivity contribution in [2.75, 3.05) is 0 Å². The molecule has 135 valence electrons. The van der Waals surface area contributed by atoms with Gasteiger partial charge >= 0.3 is 0 Å². The van der Waals surface area contributed by atoms with E-state index in [9.17, 15) is 0 Å². The molecule has 0 aliphatic heterocycles. The first kappa shape index (κ1) is 16.3. The van der Waals surface area contributed by atoms with E-state index in [-0.39, 0.29) is 5.92 Å². The molecule has 0 amide bonds. The van der Waals surface area contributed by atoms with Crippen LogP contribution in [0.3, 0.4) is 0 Å². The van der Waals surface area contributed by atoms with Gasteiger partial charge in [-0.1, -0.05) is 103 Å². The molecule has 5 aromatic rings. The first-order valence-electron chi connectivity index (χ1n) is 10.1. The summed E-state index contributed by atoms with van der Waals surface area (Å²) in [5.41, 5.74) is 6.54. The Morgan fingerprint density at radius 3 is 1.93 bits per heavy atom. The van der Waals surface area contributed by atoms with Crippen molar-refractivity contribution in [1.29, 1.82) is 0 Å². The lowest BCUT2D eigenvalue weighted by Crippen LogP contribution is -1.98. The molecule has 0 bridgehead atoms. The second-order valence-corrected chi connectivity index (χ2v) is 7.65. The summed E-state index contributed by atoms with van der Waals surface area (Å²) in [7, 11) is 0. The van der Waals surface area contributed by atoms with Crippen LogP contribution in [0.5, 0.6) is 0 Å². The fraction of sp³-hybridized carbons (Fsp3) is 0.0345. The Hall–Kier alpha value is -3.64. The molecule has 1 aliphatic carbocycles. The number of hydrogen-bond acceptors (Lipinski definition) is 0. The molecule has 0 N–H and O–H groups in total. The highest BCUT2D eigenvalue weighted by atomic mass is 14.3. The Labute approximate surface area is 170 Å². The summed E-state index contributed by atoms with van der Waals surface area (Å²) in [5, 5.41) is 5.17. The molecular weight excluding hydrogens is 348 g/mol. The van der Waals surface area contributed by atoms with Crippen LogP contribution in [0.15, 0.2) is 103 Å². The van der Waals surface area contributed by atoms with Crippen LogP contribution in [0.1, 0.15) is 22.6 Å². The number of fused-ring (bicyclic) bond motifs is 3. The largest absolute Gasteiger partial charge is 0.0616 e. The van der Waals surface area contributed by atoms with Gasteiger partial charge in [-0.25, -0.2) is 0 Å². The fourth-order valence-electron chi connectivity index (χ4n) is 4.71. The molecule has 0 heterocycles. The number of benzene rings is 5. The molecule has 0 nitrogen and oxygen atoms in total. The van der Waals surface area contributed by atoms with Crippen LogP contribution in [-0.4, -0.2) is 0 Å². The summed E-state index contributed by atoms with van der Waals surface area (Å²) >= 11 is 0. The van der Waals surface area contributed by atoms with Crippen molar-refractivity contribution in [3.63, 3.8) is 0 Å². The normalized spacial score (nSPS) is 15.1. The minimum atomic E-state index is 0.172. The molecule has 5 aromatic carbocycles. The standard InChI is InChI=1S/C29H19/c1-3-12-22-20(8-1)10-5-14-24(22)26-16-7-17-27-28(18-19-29(26)27)25-15-6-11-21-9-2-4-13-23(21)25/h1-17,19,28H. The Kier molecular flexibility index (Phi) is 3.64. The van der Waals surface area contributed by atoms with Crippen LogP contribution in [0.2, 0.25) is 0 Å². The smallest absolute Gasteiger partial charge is 0.0355 e. The molecule has 1 unspecified atom stereocenters. The van der Waals surface area contributed by atoms with E-state index in [0.717, 1.165) is 0 Å². The monoisotopic (exact) mass is 367 g/mol. The zero-order chi connectivity index (χ0) is 19.2. The quantitative estimate of drug-likeness (QED) is 0.301. The summed E-state index contributed by atoms with van der Waals surface area (Å²) in [6, 6.07) is 37.1. The van der Waals surface area contributed by atoms with Gasteiger partial charge in [-0.2, -0.15) is 0 Å². The molecule has 0 saturated heterocycles. The van der Waals surface area contributed by atoms with Crippen LogP contribution in [0, 0.1) is 6.08 Å². The second kappa shape index (κ2) is 6.46. The van der Waals surface area contributed by atoms with Crippen LogP contribution < -0.4 is 0 Å². The van der Waals surface area contributed by atoms with Gasteiger partial charge in [-0.05, 0) is 61.5 Å². The van der Waals surface area contributed by atoms with Crippen molar-refractivity contribution in [3.8, 4) is 11.1 Å². The Morgan fingerprint density at radius 2 is 1.07 bits per heavy atom. The predicted molar refractivity (Wildman–Crippen MR) is 123 cm³/mol. The molecule has 29 heavy (non-hydrogen) atoms. The van der Waals surface area contributed by atoms with Gasteiger partial charge < -0.3 is 0 Å². The van der Waals surface area contributed by atoms with E-state index in [1.165, 1.54) is 49.4 Å². The molecule has 1 aliphatic rings. The van der Waals surface area contributed by atoms with E-state index in [1.807, 2.05) is 0 Å². The third kappa shape index (κ3) is 2.53. The van der Waals surface area contributed by atoms with E-state index in [4.69, 9.17) is 0 Å². The van der Waals surface area contributed by atoms with Gasteiger partial charge in [0.1, 0.15) is 0 Å². The fourth-order valence-corrected chi connectivity index (χ4v) is 4.71. The maximum atomic E-state index is 3.66. The Bertz CT molecular complexity index is 1390. The van der Waals surface area contributed by atoms with E-state index in [0.29, 0.717) is 0 Å². The van der Waals surface area contributed by atoms with Crippen LogP contribution in [0.25, 0.3) is 38.7 Å². The lowest BCUT2D eigenvalue weighted by atomic mass is 9.87. The molecule has 0 saturated carbocycles. The third-order valence-electron chi connectivity index (χ3n) is 6.06. The van der Waals surface area contributed by atoms with Crippen molar-refractivity contribution in [3.05, 3.63) is 126 Å².